The van der Waals surface area contributed by atoms with Crippen LogP contribution in [0.25, 0.3) is 10.9 Å². The summed E-state index contributed by atoms with van der Waals surface area (Å²) in [5, 5.41) is 0.713. The number of nitrogens with zero attached hydrogens (tertiary/aromatic N) is 2. The molecule has 1 aromatic heterocycles. The number of fused-ring (bicyclic) bond motifs is 1. The number of piperidine rings is 1. The Labute approximate surface area is 166 Å². The van der Waals surface area contributed by atoms with E-state index in [0.717, 1.165) is 39.0 Å². The maximum atomic E-state index is 13.0. The van der Waals surface area contributed by atoms with Crippen molar-refractivity contribution in [3.8, 4) is 0 Å². The summed E-state index contributed by atoms with van der Waals surface area (Å²) >= 11 is 0. The summed E-state index contributed by atoms with van der Waals surface area (Å²) < 4.78 is 33.0. The summed E-state index contributed by atoms with van der Waals surface area (Å²) in [6.45, 7) is 5.50. The van der Waals surface area contributed by atoms with E-state index in [2.05, 4.69) is 16.9 Å². The van der Waals surface area contributed by atoms with Crippen molar-refractivity contribution < 1.29 is 13.2 Å². The van der Waals surface area contributed by atoms with Crippen molar-refractivity contribution in [2.24, 2.45) is 0 Å². The van der Waals surface area contributed by atoms with E-state index >= 15 is 0 Å². The second-order valence-corrected chi connectivity index (χ2v) is 9.18. The lowest BCUT2D eigenvalue weighted by molar-refractivity contribution is 0.118. The zero-order valence-electron chi connectivity index (χ0n) is 16.6. The predicted octanol–water partition coefficient (Wildman–Crippen LogP) is 2.04. The van der Waals surface area contributed by atoms with Gasteiger partial charge in [-0.15, -0.1) is 0 Å². The van der Waals surface area contributed by atoms with Crippen LogP contribution in [0.3, 0.4) is 0 Å². The normalized spacial score (nSPS) is 16.8. The SMILES string of the molecule is CCOCCCN(C)C1CCN(S(=O)(=O)c2ccc3[nH]c(=O)ccc3c2)CC1. The second kappa shape index (κ2) is 9.17. The first-order valence-electron chi connectivity index (χ1n) is 9.83. The molecule has 2 heterocycles. The monoisotopic (exact) mass is 407 g/mol. The fraction of sp³-hybridized carbons (Fsp3) is 0.550. The lowest BCUT2D eigenvalue weighted by Gasteiger charge is -2.36. The number of benzene rings is 1. The number of hydrogen-bond acceptors (Lipinski definition) is 5. The molecule has 154 valence electrons. The number of pyridine rings is 1. The summed E-state index contributed by atoms with van der Waals surface area (Å²) in [6.07, 6.45) is 2.64. The molecule has 1 aliphatic rings. The highest BCUT2D eigenvalue weighted by Crippen LogP contribution is 2.24. The van der Waals surface area contributed by atoms with Gasteiger partial charge in [-0.3, -0.25) is 4.79 Å². The first-order valence-corrected chi connectivity index (χ1v) is 11.3. The molecule has 3 rings (SSSR count). The second-order valence-electron chi connectivity index (χ2n) is 7.24. The summed E-state index contributed by atoms with van der Waals surface area (Å²) in [5.41, 5.74) is 0.439. The molecule has 0 unspecified atom stereocenters. The summed E-state index contributed by atoms with van der Waals surface area (Å²) in [6, 6.07) is 8.31. The Bertz CT molecular complexity index is 949. The molecule has 0 atom stereocenters. The van der Waals surface area contributed by atoms with Crippen LogP contribution in [-0.2, 0) is 14.8 Å². The minimum absolute atomic E-state index is 0.199. The number of hydrogen-bond donors (Lipinski definition) is 1. The van der Waals surface area contributed by atoms with Crippen LogP contribution >= 0.6 is 0 Å². The molecule has 7 nitrogen and oxygen atoms in total. The third-order valence-electron chi connectivity index (χ3n) is 5.38. The average molecular weight is 408 g/mol. The van der Waals surface area contributed by atoms with E-state index < -0.39 is 10.0 Å². The topological polar surface area (TPSA) is 82.7 Å². The van der Waals surface area contributed by atoms with Crippen LogP contribution in [0, 0.1) is 0 Å². The molecule has 28 heavy (non-hydrogen) atoms. The summed E-state index contributed by atoms with van der Waals surface area (Å²) in [5.74, 6) is 0. The van der Waals surface area contributed by atoms with Gasteiger partial charge in [0.2, 0.25) is 15.6 Å². The van der Waals surface area contributed by atoms with Gasteiger partial charge in [-0.05, 0) is 62.9 Å². The first-order chi connectivity index (χ1) is 13.4. The number of aromatic amines is 1. The lowest BCUT2D eigenvalue weighted by atomic mass is 10.1. The van der Waals surface area contributed by atoms with Gasteiger partial charge in [-0.2, -0.15) is 4.31 Å². The van der Waals surface area contributed by atoms with Crippen LogP contribution in [0.4, 0.5) is 0 Å². The third kappa shape index (κ3) is 4.81. The van der Waals surface area contributed by atoms with E-state index in [1.165, 1.54) is 6.07 Å². The smallest absolute Gasteiger partial charge is 0.248 e. The molecule has 1 fully saturated rings. The molecule has 0 saturated carbocycles. The van der Waals surface area contributed by atoms with Gasteiger partial charge in [0.15, 0.2) is 0 Å². The van der Waals surface area contributed by atoms with Crippen LogP contribution in [0.5, 0.6) is 0 Å². The maximum Gasteiger partial charge on any atom is 0.248 e. The molecule has 1 N–H and O–H groups in total. The highest BCUT2D eigenvalue weighted by molar-refractivity contribution is 7.89. The van der Waals surface area contributed by atoms with Gasteiger partial charge in [0, 0.05) is 50.5 Å². The van der Waals surface area contributed by atoms with E-state index in [1.807, 2.05) is 6.92 Å². The quantitative estimate of drug-likeness (QED) is 0.677. The van der Waals surface area contributed by atoms with E-state index in [0.29, 0.717) is 30.0 Å². The summed E-state index contributed by atoms with van der Waals surface area (Å²) in [4.78, 5) is 16.7. The Balaban J connectivity index is 1.63. The first kappa shape index (κ1) is 21.0. The van der Waals surface area contributed by atoms with Crippen molar-refractivity contribution in [2.45, 2.75) is 37.1 Å². The molecule has 0 spiro atoms. The highest BCUT2D eigenvalue weighted by Gasteiger charge is 2.30. The van der Waals surface area contributed by atoms with Gasteiger partial charge in [-0.1, -0.05) is 0 Å². The molecule has 0 aliphatic carbocycles. The molecule has 2 aromatic rings. The number of aromatic nitrogens is 1. The number of sulfonamides is 1. The number of nitrogens with one attached hydrogen (secondary N) is 1. The van der Waals surface area contributed by atoms with E-state index in [1.54, 1.807) is 28.6 Å². The van der Waals surface area contributed by atoms with Crippen molar-refractivity contribution in [1.29, 1.82) is 0 Å². The molecule has 1 aromatic carbocycles. The Hall–Kier alpha value is -1.74. The van der Waals surface area contributed by atoms with Crippen molar-refractivity contribution in [1.82, 2.24) is 14.2 Å². The number of ether oxygens (including phenoxy) is 1. The lowest BCUT2D eigenvalue weighted by Crippen LogP contribution is -2.45. The van der Waals surface area contributed by atoms with E-state index in [-0.39, 0.29) is 10.5 Å². The van der Waals surface area contributed by atoms with E-state index in [9.17, 15) is 13.2 Å². The summed E-state index contributed by atoms with van der Waals surface area (Å²) in [7, 11) is -1.43. The van der Waals surface area contributed by atoms with Gasteiger partial charge >= 0.3 is 0 Å². The zero-order chi connectivity index (χ0) is 20.1. The maximum absolute atomic E-state index is 13.0. The fourth-order valence-electron chi connectivity index (χ4n) is 3.71. The van der Waals surface area contributed by atoms with Gasteiger partial charge in [0.05, 0.1) is 4.90 Å². The van der Waals surface area contributed by atoms with Crippen LogP contribution in [0.2, 0.25) is 0 Å². The zero-order valence-corrected chi connectivity index (χ0v) is 17.4. The van der Waals surface area contributed by atoms with Gasteiger partial charge in [0.1, 0.15) is 0 Å². The fourth-order valence-corrected chi connectivity index (χ4v) is 5.21. The molecule has 0 radical (unpaired) electrons. The molecule has 0 amide bonds. The minimum Gasteiger partial charge on any atom is -0.382 e. The number of H-pyrrole nitrogens is 1. The van der Waals surface area contributed by atoms with Crippen LogP contribution in [0.1, 0.15) is 26.2 Å². The van der Waals surface area contributed by atoms with Gasteiger partial charge in [-0.25, -0.2) is 8.42 Å². The van der Waals surface area contributed by atoms with Crippen molar-refractivity contribution >= 4 is 20.9 Å². The predicted molar refractivity (Wildman–Crippen MR) is 110 cm³/mol. The third-order valence-corrected chi connectivity index (χ3v) is 7.28. The van der Waals surface area contributed by atoms with Crippen molar-refractivity contribution in [3.63, 3.8) is 0 Å². The van der Waals surface area contributed by atoms with Crippen LogP contribution in [-0.4, -0.2) is 68.5 Å². The molecule has 1 saturated heterocycles. The molecule has 1 aliphatic heterocycles. The Morgan fingerprint density at radius 1 is 1.21 bits per heavy atom. The molecular formula is C20H29N3O4S. The van der Waals surface area contributed by atoms with E-state index in [4.69, 9.17) is 4.74 Å². The van der Waals surface area contributed by atoms with Crippen LogP contribution in [0.15, 0.2) is 40.0 Å². The van der Waals surface area contributed by atoms with Crippen molar-refractivity contribution in [3.05, 3.63) is 40.7 Å². The highest BCUT2D eigenvalue weighted by atomic mass is 32.2. The Kier molecular flexibility index (Phi) is 6.87. The number of rotatable bonds is 8. The van der Waals surface area contributed by atoms with Gasteiger partial charge in [0.25, 0.3) is 0 Å². The van der Waals surface area contributed by atoms with Crippen LogP contribution < -0.4 is 5.56 Å². The molecular weight excluding hydrogens is 378 g/mol. The largest absolute Gasteiger partial charge is 0.382 e. The standard InChI is InChI=1S/C20H29N3O4S/c1-3-27-14-4-11-22(2)17-9-12-23(13-10-17)28(25,26)18-6-7-19-16(15-18)5-8-20(24)21-19/h5-8,15,17H,3-4,9-14H2,1-2H3,(H,21,24). The minimum atomic E-state index is -3.53. The Morgan fingerprint density at radius 2 is 1.96 bits per heavy atom. The average Bonchev–Trinajstić information content (AvgIpc) is 2.70. The van der Waals surface area contributed by atoms with Crippen molar-refractivity contribution in [2.75, 3.05) is 39.9 Å². The Morgan fingerprint density at radius 3 is 2.68 bits per heavy atom. The van der Waals surface area contributed by atoms with Gasteiger partial charge < -0.3 is 14.6 Å². The molecule has 0 bridgehead atoms. The molecule has 8 heteroatoms.